The number of H-pyrrole nitrogens is 1. The number of anilines is 1. The molecule has 0 atom stereocenters. The molecule has 0 aliphatic rings. The lowest BCUT2D eigenvalue weighted by molar-refractivity contribution is -0.115. The Bertz CT molecular complexity index is 1070. The first kappa shape index (κ1) is 17.4. The Labute approximate surface area is 162 Å². The number of para-hydroxylation sites is 1. The number of hydrogen-bond donors (Lipinski definition) is 2. The Morgan fingerprint density at radius 2 is 1.63 bits per heavy atom. The molecule has 0 saturated heterocycles. The molecule has 4 rings (SSSR count). The summed E-state index contributed by atoms with van der Waals surface area (Å²) in [6.07, 6.45) is 0.303. The van der Waals surface area contributed by atoms with E-state index in [9.17, 15) is 4.79 Å². The molecule has 27 heavy (non-hydrogen) atoms. The van der Waals surface area contributed by atoms with Gasteiger partial charge in [0.25, 0.3) is 0 Å². The minimum atomic E-state index is -0.0275. The second-order valence-electron chi connectivity index (χ2n) is 6.48. The van der Waals surface area contributed by atoms with Gasteiger partial charge in [0.15, 0.2) is 0 Å². The average Bonchev–Trinajstić information content (AvgIpc) is 3.01. The van der Waals surface area contributed by atoms with Crippen LogP contribution in [0.15, 0.2) is 88.7 Å². The van der Waals surface area contributed by atoms with Crippen molar-refractivity contribution in [1.29, 1.82) is 0 Å². The number of carbonyl (C=O) groups is 1. The second-order valence-corrected chi connectivity index (χ2v) is 7.57. The maximum absolute atomic E-state index is 12.6. The zero-order valence-corrected chi connectivity index (χ0v) is 15.8. The summed E-state index contributed by atoms with van der Waals surface area (Å²) in [5, 5.41) is 4.13. The zero-order chi connectivity index (χ0) is 18.6. The van der Waals surface area contributed by atoms with Gasteiger partial charge in [-0.15, -0.1) is 0 Å². The summed E-state index contributed by atoms with van der Waals surface area (Å²) in [6, 6.07) is 26.3. The highest BCUT2D eigenvalue weighted by atomic mass is 32.2. The number of aromatic nitrogens is 1. The molecule has 4 heteroatoms. The molecule has 1 heterocycles. The van der Waals surface area contributed by atoms with Crippen LogP contribution in [-0.2, 0) is 11.2 Å². The van der Waals surface area contributed by atoms with Crippen LogP contribution in [-0.4, -0.2) is 10.9 Å². The van der Waals surface area contributed by atoms with Crippen LogP contribution in [0.5, 0.6) is 0 Å². The molecule has 0 saturated carbocycles. The molecule has 0 bridgehead atoms. The third-order valence-corrected chi connectivity index (χ3v) is 5.55. The lowest BCUT2D eigenvalue weighted by atomic mass is 10.2. The number of amides is 1. The summed E-state index contributed by atoms with van der Waals surface area (Å²) in [6.45, 7) is 2.03. The van der Waals surface area contributed by atoms with Gasteiger partial charge in [-0.3, -0.25) is 4.79 Å². The third-order valence-electron chi connectivity index (χ3n) is 4.37. The van der Waals surface area contributed by atoms with Crippen molar-refractivity contribution in [1.82, 2.24) is 4.98 Å². The topological polar surface area (TPSA) is 44.9 Å². The largest absolute Gasteiger partial charge is 0.357 e. The Kier molecular flexibility index (Phi) is 4.99. The van der Waals surface area contributed by atoms with E-state index in [0.29, 0.717) is 6.42 Å². The van der Waals surface area contributed by atoms with Crippen molar-refractivity contribution in [2.24, 2.45) is 0 Å². The zero-order valence-electron chi connectivity index (χ0n) is 15.0. The first-order chi connectivity index (χ1) is 13.2. The van der Waals surface area contributed by atoms with E-state index in [2.05, 4.69) is 28.5 Å². The highest BCUT2D eigenvalue weighted by molar-refractivity contribution is 7.99. The van der Waals surface area contributed by atoms with Crippen LogP contribution in [0.3, 0.4) is 0 Å². The molecule has 134 valence electrons. The van der Waals surface area contributed by atoms with Crippen LogP contribution in [0.1, 0.15) is 11.3 Å². The molecule has 2 N–H and O–H groups in total. The van der Waals surface area contributed by atoms with Gasteiger partial charge in [-0.1, -0.05) is 65.9 Å². The van der Waals surface area contributed by atoms with E-state index in [1.807, 2.05) is 67.6 Å². The lowest BCUT2D eigenvalue weighted by Crippen LogP contribution is -2.15. The fourth-order valence-electron chi connectivity index (χ4n) is 3.02. The van der Waals surface area contributed by atoms with Crippen molar-refractivity contribution in [2.45, 2.75) is 23.1 Å². The number of hydrogen-bond acceptors (Lipinski definition) is 2. The molecular formula is C23H20N2OS. The quantitative estimate of drug-likeness (QED) is 0.464. The summed E-state index contributed by atoms with van der Waals surface area (Å²) in [5.74, 6) is -0.0275. The van der Waals surface area contributed by atoms with Crippen LogP contribution in [0.25, 0.3) is 10.9 Å². The van der Waals surface area contributed by atoms with Crippen molar-refractivity contribution in [3.05, 3.63) is 90.1 Å². The summed E-state index contributed by atoms with van der Waals surface area (Å²) >= 11 is 1.69. The minimum Gasteiger partial charge on any atom is -0.357 e. The van der Waals surface area contributed by atoms with E-state index in [1.54, 1.807) is 11.8 Å². The van der Waals surface area contributed by atoms with E-state index in [1.165, 1.54) is 5.56 Å². The molecule has 0 spiro atoms. The number of aromatic amines is 1. The van der Waals surface area contributed by atoms with Crippen LogP contribution >= 0.6 is 11.8 Å². The van der Waals surface area contributed by atoms with Crippen molar-refractivity contribution in [3.63, 3.8) is 0 Å². The SMILES string of the molecule is Cc1ccc(NC(=O)Cc2[nH]c3ccccc3c2Sc2ccccc2)cc1. The average molecular weight is 372 g/mol. The molecule has 3 nitrogen and oxygen atoms in total. The summed E-state index contributed by atoms with van der Waals surface area (Å²) in [7, 11) is 0. The Morgan fingerprint density at radius 3 is 2.41 bits per heavy atom. The number of aryl methyl sites for hydroxylation is 1. The van der Waals surface area contributed by atoms with Gasteiger partial charge >= 0.3 is 0 Å². The van der Waals surface area contributed by atoms with Gasteiger partial charge in [0, 0.05) is 32.1 Å². The fraction of sp³-hybridized carbons (Fsp3) is 0.0870. The molecule has 0 aliphatic carbocycles. The maximum atomic E-state index is 12.6. The Balaban J connectivity index is 1.61. The molecular weight excluding hydrogens is 352 g/mol. The van der Waals surface area contributed by atoms with E-state index in [4.69, 9.17) is 0 Å². The van der Waals surface area contributed by atoms with Crippen molar-refractivity contribution in [3.8, 4) is 0 Å². The summed E-state index contributed by atoms with van der Waals surface area (Å²) in [5.41, 5.74) is 3.98. The van der Waals surface area contributed by atoms with Crippen molar-refractivity contribution >= 4 is 34.3 Å². The molecule has 1 aromatic heterocycles. The number of fused-ring (bicyclic) bond motifs is 1. The Hall–Kier alpha value is -2.98. The van der Waals surface area contributed by atoms with Crippen molar-refractivity contribution < 1.29 is 4.79 Å². The van der Waals surface area contributed by atoms with Crippen LogP contribution in [0.4, 0.5) is 5.69 Å². The van der Waals surface area contributed by atoms with Gasteiger partial charge in [0.1, 0.15) is 0 Å². The van der Waals surface area contributed by atoms with E-state index < -0.39 is 0 Å². The number of rotatable bonds is 5. The first-order valence-electron chi connectivity index (χ1n) is 8.88. The molecule has 0 aliphatic heterocycles. The maximum Gasteiger partial charge on any atom is 0.230 e. The van der Waals surface area contributed by atoms with Crippen LogP contribution in [0.2, 0.25) is 0 Å². The standard InChI is InChI=1S/C23H20N2OS/c1-16-11-13-17(14-12-16)24-22(26)15-21-23(27-18-7-3-2-4-8-18)19-9-5-6-10-20(19)25-21/h2-14,25H,15H2,1H3,(H,24,26). The van der Waals surface area contributed by atoms with Gasteiger partial charge in [0.2, 0.25) is 5.91 Å². The molecule has 0 unspecified atom stereocenters. The van der Waals surface area contributed by atoms with Gasteiger partial charge < -0.3 is 10.3 Å². The summed E-state index contributed by atoms with van der Waals surface area (Å²) in [4.78, 5) is 18.3. The predicted molar refractivity (Wildman–Crippen MR) is 112 cm³/mol. The van der Waals surface area contributed by atoms with Crippen LogP contribution in [0, 0.1) is 6.92 Å². The van der Waals surface area contributed by atoms with Gasteiger partial charge in [-0.2, -0.15) is 0 Å². The normalized spacial score (nSPS) is 10.9. The van der Waals surface area contributed by atoms with E-state index in [-0.39, 0.29) is 5.91 Å². The van der Waals surface area contributed by atoms with Gasteiger partial charge in [-0.25, -0.2) is 0 Å². The summed E-state index contributed by atoms with van der Waals surface area (Å²) < 4.78 is 0. The number of carbonyl (C=O) groups excluding carboxylic acids is 1. The van der Waals surface area contributed by atoms with E-state index in [0.717, 1.165) is 32.1 Å². The Morgan fingerprint density at radius 1 is 0.926 bits per heavy atom. The second kappa shape index (κ2) is 7.72. The van der Waals surface area contributed by atoms with Gasteiger partial charge in [-0.05, 0) is 37.3 Å². The highest BCUT2D eigenvalue weighted by Crippen LogP contribution is 2.36. The van der Waals surface area contributed by atoms with Crippen LogP contribution < -0.4 is 5.32 Å². The van der Waals surface area contributed by atoms with E-state index >= 15 is 0 Å². The lowest BCUT2D eigenvalue weighted by Gasteiger charge is -2.07. The first-order valence-corrected chi connectivity index (χ1v) is 9.70. The van der Waals surface area contributed by atoms with Crippen molar-refractivity contribution in [2.75, 3.05) is 5.32 Å². The smallest absolute Gasteiger partial charge is 0.230 e. The number of benzene rings is 3. The number of nitrogens with one attached hydrogen (secondary N) is 2. The molecule has 3 aromatic carbocycles. The molecule has 4 aromatic rings. The van der Waals surface area contributed by atoms with Gasteiger partial charge in [0.05, 0.1) is 6.42 Å². The molecule has 1 amide bonds. The monoisotopic (exact) mass is 372 g/mol. The fourth-order valence-corrected chi connectivity index (χ4v) is 4.09. The third kappa shape index (κ3) is 4.07. The molecule has 0 radical (unpaired) electrons. The molecule has 0 fully saturated rings. The predicted octanol–water partition coefficient (Wildman–Crippen LogP) is 5.81. The minimum absolute atomic E-state index is 0.0275. The highest BCUT2D eigenvalue weighted by Gasteiger charge is 2.15.